The number of hydrogen-bond donors (Lipinski definition) is 2. The third-order valence-corrected chi connectivity index (χ3v) is 2.77. The van der Waals surface area contributed by atoms with Gasteiger partial charge in [-0.2, -0.15) is 0 Å². The third-order valence-electron chi connectivity index (χ3n) is 0.113. The van der Waals surface area contributed by atoms with Crippen LogP contribution in [0.1, 0.15) is 6.92 Å². The molecule has 0 bridgehead atoms. The summed E-state index contributed by atoms with van der Waals surface area (Å²) in [5.41, 5.74) is 0. The Morgan fingerprint density at radius 3 is 2.20 bits per heavy atom. The first kappa shape index (κ1) is 6.05. The van der Waals surface area contributed by atoms with Crippen molar-refractivity contribution < 1.29 is 23.5 Å². The van der Waals surface area contributed by atoms with Crippen molar-refractivity contribution in [3.63, 3.8) is 0 Å². The van der Waals surface area contributed by atoms with Crippen LogP contribution in [0, 0.1) is 0 Å². The number of aliphatic hydroxyl groups is 1. The number of aliphatic hydroxyl groups excluding tert-OH is 1. The Bertz CT molecular complexity index is 23.6. The average molecular weight is 275 g/mol. The van der Waals surface area contributed by atoms with Crippen molar-refractivity contribution in [1.29, 1.82) is 0 Å². The van der Waals surface area contributed by atoms with Crippen LogP contribution in [0.3, 0.4) is 0 Å². The van der Waals surface area contributed by atoms with Crippen molar-refractivity contribution in [3.05, 3.63) is 0 Å². The molecule has 0 radical (unpaired) electrons. The number of thiol groups is 1. The number of rotatable bonds is 1. The van der Waals surface area contributed by atoms with E-state index in [0.717, 1.165) is 0 Å². The first-order valence-corrected chi connectivity index (χ1v) is 5.57. The summed E-state index contributed by atoms with van der Waals surface area (Å²) in [6, 6.07) is 0. The Hall–Kier alpha value is 1.05. The molecule has 0 spiro atoms. The topological polar surface area (TPSA) is 20.2 Å². The van der Waals surface area contributed by atoms with Crippen LogP contribution in [-0.2, 0) is 18.4 Å². The van der Waals surface area contributed by atoms with E-state index in [2.05, 4.69) is 10.1 Å². The fraction of sp³-hybridized carbons (Fsp3) is 1.00. The molecule has 0 aliphatic heterocycles. The zero-order valence-corrected chi connectivity index (χ0v) is 5.83. The quantitative estimate of drug-likeness (QED) is 0.519. The van der Waals surface area contributed by atoms with E-state index >= 15 is 0 Å². The Balaban J connectivity index is 2.54. The third kappa shape index (κ3) is 5.05. The number of hydrogen-bond acceptors (Lipinski definition) is 2. The van der Waals surface area contributed by atoms with Crippen LogP contribution < -0.4 is 0 Å². The van der Waals surface area contributed by atoms with Gasteiger partial charge in [0, 0.05) is 0 Å². The van der Waals surface area contributed by atoms with Crippen molar-refractivity contribution in [2.24, 2.45) is 0 Å². The van der Waals surface area contributed by atoms with E-state index in [1.165, 1.54) is 0 Å². The van der Waals surface area contributed by atoms with E-state index in [9.17, 15) is 0 Å². The van der Waals surface area contributed by atoms with Gasteiger partial charge in [-0.25, -0.2) is 0 Å². The molecule has 1 N–H and O–H groups in total. The van der Waals surface area contributed by atoms with Crippen LogP contribution >= 0.6 is 10.1 Å². The summed E-state index contributed by atoms with van der Waals surface area (Å²) < 4.78 is -0.154. The first-order chi connectivity index (χ1) is 2.27. The molecule has 0 heterocycles. The van der Waals surface area contributed by atoms with Gasteiger partial charge in [-0.15, -0.1) is 0 Å². The minimum atomic E-state index is -0.154. The molecule has 37 valence electrons. The molecule has 5 heavy (non-hydrogen) atoms. The van der Waals surface area contributed by atoms with E-state index in [1.54, 1.807) is 6.92 Å². The average Bonchev–Trinajstić information content (AvgIpc) is 1.38. The van der Waals surface area contributed by atoms with Gasteiger partial charge in [-0.3, -0.25) is 0 Å². The van der Waals surface area contributed by atoms with Gasteiger partial charge < -0.3 is 0 Å². The van der Waals surface area contributed by atoms with Crippen LogP contribution in [0.2, 0.25) is 0 Å². The summed E-state index contributed by atoms with van der Waals surface area (Å²) in [5, 5.41) is 8.33. The molecule has 0 saturated carbocycles. The van der Waals surface area contributed by atoms with Gasteiger partial charge in [0.1, 0.15) is 0 Å². The van der Waals surface area contributed by atoms with E-state index in [1.807, 2.05) is 0 Å². The molecule has 0 aromatic carbocycles. The van der Waals surface area contributed by atoms with Crippen LogP contribution in [-0.4, -0.2) is 9.43 Å². The van der Waals surface area contributed by atoms with Gasteiger partial charge in [0.2, 0.25) is 0 Å². The van der Waals surface area contributed by atoms with Crippen molar-refractivity contribution in [2.45, 2.75) is 11.2 Å². The first-order valence-electron chi connectivity index (χ1n) is 1.14. The Morgan fingerprint density at radius 1 is 2.00 bits per heavy atom. The van der Waals surface area contributed by atoms with Crippen molar-refractivity contribution in [2.75, 3.05) is 0 Å². The maximum atomic E-state index is 8.33. The molecular formula is C2H6AuOS. The van der Waals surface area contributed by atoms with Crippen LogP contribution in [0.25, 0.3) is 0 Å². The normalized spacial score (nSPS) is 15.8. The molecule has 0 saturated heterocycles. The second-order valence-electron chi connectivity index (χ2n) is 0.588. The fourth-order valence-corrected chi connectivity index (χ4v) is 0. The molecule has 0 amide bonds. The van der Waals surface area contributed by atoms with Crippen molar-refractivity contribution >= 4 is 10.1 Å². The summed E-state index contributed by atoms with van der Waals surface area (Å²) >= 11 is -0.114. The molecule has 0 fully saturated rings. The van der Waals surface area contributed by atoms with Gasteiger partial charge >= 0.3 is 44.9 Å². The summed E-state index contributed by atoms with van der Waals surface area (Å²) in [4.78, 5) is 0. The molecule has 0 aliphatic rings. The predicted molar refractivity (Wildman–Crippen MR) is 20.7 cm³/mol. The fourth-order valence-electron chi connectivity index (χ4n) is 0. The molecule has 0 rings (SSSR count). The SMILES string of the molecule is C[CH](O)[Au][SH]. The van der Waals surface area contributed by atoms with Crippen LogP contribution in [0.4, 0.5) is 0 Å². The van der Waals surface area contributed by atoms with Crippen molar-refractivity contribution in [1.82, 2.24) is 0 Å². The summed E-state index contributed by atoms with van der Waals surface area (Å²) in [7, 11) is 3.86. The zero-order chi connectivity index (χ0) is 4.28. The van der Waals surface area contributed by atoms with Gasteiger partial charge in [-0.05, 0) is 0 Å². The van der Waals surface area contributed by atoms with E-state index in [-0.39, 0.29) is 22.7 Å². The van der Waals surface area contributed by atoms with E-state index in [4.69, 9.17) is 5.11 Å². The van der Waals surface area contributed by atoms with E-state index in [0.29, 0.717) is 0 Å². The molecule has 3 heteroatoms. The Labute approximate surface area is 45.1 Å². The zero-order valence-electron chi connectivity index (χ0n) is 2.77. The Morgan fingerprint density at radius 2 is 2.20 bits per heavy atom. The van der Waals surface area contributed by atoms with Gasteiger partial charge in [-0.1, -0.05) is 0 Å². The minimum absolute atomic E-state index is 0.114. The Kier molecular flexibility index (Phi) is 3.93. The molecule has 1 atom stereocenters. The summed E-state index contributed by atoms with van der Waals surface area (Å²) in [6.45, 7) is 1.74. The molecule has 1 nitrogen and oxygen atoms in total. The maximum absolute atomic E-state index is 8.33. The van der Waals surface area contributed by atoms with Crippen molar-refractivity contribution in [3.8, 4) is 0 Å². The molecule has 1 unspecified atom stereocenters. The summed E-state index contributed by atoms with van der Waals surface area (Å²) in [5.74, 6) is 0. The summed E-state index contributed by atoms with van der Waals surface area (Å²) in [6.07, 6.45) is 0. The molecule has 0 aromatic heterocycles. The second kappa shape index (κ2) is 3.25. The monoisotopic (exact) mass is 275 g/mol. The molecular weight excluding hydrogens is 269 g/mol. The molecule has 0 aliphatic carbocycles. The predicted octanol–water partition coefficient (Wildman–Crippen LogP) is 0.252. The second-order valence-corrected chi connectivity index (χ2v) is 4.23. The van der Waals surface area contributed by atoms with Gasteiger partial charge in [0.15, 0.2) is 0 Å². The van der Waals surface area contributed by atoms with Gasteiger partial charge in [0.05, 0.1) is 0 Å². The standard InChI is InChI=1S/C2H5O.Au.H2S/c1-2-3;;/h2-3H,1H3;;1H2/q;+1;/p-1. The molecule has 0 aromatic rings. The van der Waals surface area contributed by atoms with Gasteiger partial charge in [0.25, 0.3) is 0 Å². The van der Waals surface area contributed by atoms with E-state index < -0.39 is 0 Å². The van der Waals surface area contributed by atoms with Crippen LogP contribution in [0.15, 0.2) is 0 Å². The van der Waals surface area contributed by atoms with Crippen LogP contribution in [0.5, 0.6) is 0 Å².